The molecule has 5 aromatic rings. The van der Waals surface area contributed by atoms with E-state index in [0.717, 1.165) is 34.1 Å². The summed E-state index contributed by atoms with van der Waals surface area (Å²) in [6.45, 7) is 0.329. The Morgan fingerprint density at radius 1 is 0.868 bits per heavy atom. The number of aromatic nitrogens is 2. The van der Waals surface area contributed by atoms with Crippen molar-refractivity contribution < 1.29 is 22.7 Å². The van der Waals surface area contributed by atoms with E-state index in [1.54, 1.807) is 10.7 Å². The summed E-state index contributed by atoms with van der Waals surface area (Å²) in [7, 11) is 1.35. The molecule has 38 heavy (non-hydrogen) atoms. The number of nitrogens with one attached hydrogen (secondary N) is 1. The lowest BCUT2D eigenvalue weighted by Gasteiger charge is -2.11. The molecule has 1 N–H and O–H groups in total. The van der Waals surface area contributed by atoms with Crippen LogP contribution >= 0.6 is 0 Å². The molecule has 0 saturated heterocycles. The topological polar surface area (TPSA) is 56.1 Å². The fourth-order valence-electron chi connectivity index (χ4n) is 4.43. The number of hydrogen-bond acceptors (Lipinski definition) is 4. The van der Waals surface area contributed by atoms with Crippen LogP contribution in [0, 0.1) is 0 Å². The van der Waals surface area contributed by atoms with Crippen molar-refractivity contribution in [2.45, 2.75) is 19.1 Å². The van der Waals surface area contributed by atoms with E-state index in [0.29, 0.717) is 17.6 Å². The second-order valence-electron chi connectivity index (χ2n) is 8.85. The molecule has 0 amide bonds. The summed E-state index contributed by atoms with van der Waals surface area (Å²) in [5, 5.41) is 8.17. The van der Waals surface area contributed by atoms with Gasteiger partial charge in [0.15, 0.2) is 0 Å². The minimum absolute atomic E-state index is 0.0736. The van der Waals surface area contributed by atoms with Gasteiger partial charge in [-0.3, -0.25) is 9.48 Å². The molecule has 0 atom stereocenters. The lowest BCUT2D eigenvalue weighted by atomic mass is 10.0. The van der Waals surface area contributed by atoms with Gasteiger partial charge in [-0.25, -0.2) is 0 Å². The first-order chi connectivity index (χ1) is 18.3. The Morgan fingerprint density at radius 2 is 1.58 bits per heavy atom. The summed E-state index contributed by atoms with van der Waals surface area (Å²) in [6.07, 6.45) is -4.34. The van der Waals surface area contributed by atoms with E-state index in [1.165, 1.54) is 13.2 Å². The predicted molar refractivity (Wildman–Crippen MR) is 141 cm³/mol. The van der Waals surface area contributed by atoms with Gasteiger partial charge in [-0.1, -0.05) is 66.7 Å². The zero-order valence-corrected chi connectivity index (χ0v) is 20.5. The number of halogens is 3. The number of rotatable bonds is 7. The first kappa shape index (κ1) is 25.1. The number of hydrogen-bond donors (Lipinski definition) is 1. The molecule has 0 bridgehead atoms. The smallest absolute Gasteiger partial charge is 0.418 e. The highest BCUT2D eigenvalue weighted by Gasteiger charge is 2.34. The van der Waals surface area contributed by atoms with Crippen molar-refractivity contribution in [1.82, 2.24) is 9.78 Å². The second-order valence-corrected chi connectivity index (χ2v) is 8.85. The Labute approximate surface area is 217 Å². The minimum Gasteiger partial charge on any atom is -0.469 e. The second kappa shape index (κ2) is 10.4. The minimum atomic E-state index is -4.51. The van der Waals surface area contributed by atoms with Gasteiger partial charge in [0, 0.05) is 22.3 Å². The van der Waals surface area contributed by atoms with Gasteiger partial charge in [0.05, 0.1) is 31.3 Å². The molecule has 0 aliphatic rings. The molecular weight excluding hydrogens is 491 g/mol. The monoisotopic (exact) mass is 515 g/mol. The van der Waals surface area contributed by atoms with Gasteiger partial charge in [-0.15, -0.1) is 0 Å². The van der Waals surface area contributed by atoms with Gasteiger partial charge >= 0.3 is 12.1 Å². The van der Waals surface area contributed by atoms with Crippen LogP contribution in [-0.4, -0.2) is 22.9 Å². The number of alkyl halides is 3. The van der Waals surface area contributed by atoms with Crippen molar-refractivity contribution in [3.05, 3.63) is 114 Å². The molecule has 4 aromatic carbocycles. The number of fused-ring (bicyclic) bond motifs is 1. The third-order valence-corrected chi connectivity index (χ3v) is 6.20. The lowest BCUT2D eigenvalue weighted by Crippen LogP contribution is -2.06. The van der Waals surface area contributed by atoms with Crippen LogP contribution in [0.1, 0.15) is 16.7 Å². The van der Waals surface area contributed by atoms with E-state index in [2.05, 4.69) is 10.4 Å². The molecule has 5 rings (SSSR count). The Morgan fingerprint density at radius 3 is 2.29 bits per heavy atom. The van der Waals surface area contributed by atoms with E-state index in [1.807, 2.05) is 78.9 Å². The van der Waals surface area contributed by atoms with E-state index >= 15 is 0 Å². The molecular formula is C30H24F3N3O2. The highest BCUT2D eigenvalue weighted by molar-refractivity contribution is 5.95. The number of nitrogens with zero attached hydrogens (tertiary/aromatic N) is 2. The molecule has 0 radical (unpaired) electrons. The average Bonchev–Trinajstić information content (AvgIpc) is 3.27. The number of ether oxygens (including phenoxy) is 1. The zero-order valence-electron chi connectivity index (χ0n) is 20.5. The Hall–Kier alpha value is -4.59. The lowest BCUT2D eigenvalue weighted by molar-refractivity contribution is -0.140. The normalized spacial score (nSPS) is 11.5. The van der Waals surface area contributed by atoms with Crippen molar-refractivity contribution >= 4 is 28.2 Å². The van der Waals surface area contributed by atoms with Gasteiger partial charge < -0.3 is 10.1 Å². The highest BCUT2D eigenvalue weighted by Crippen LogP contribution is 2.38. The molecule has 1 aromatic heterocycles. The maximum atomic E-state index is 13.8. The number of benzene rings is 4. The molecule has 192 valence electrons. The third-order valence-electron chi connectivity index (χ3n) is 6.20. The standard InChI is InChI=1S/C30H24F3N3O2/c1-38-27(37)18-21-9-5-10-24(17-21)34-23-15-13-22(14-16-23)29-25-11-6-12-26(30(31,32)33)28(25)35-36(29)19-20-7-3-2-4-8-20/h2-17,34H,18-19H2,1H3. The van der Waals surface area contributed by atoms with Crippen LogP contribution in [0.5, 0.6) is 0 Å². The van der Waals surface area contributed by atoms with Crippen molar-refractivity contribution in [2.75, 3.05) is 12.4 Å². The Balaban J connectivity index is 1.50. The van der Waals surface area contributed by atoms with Gasteiger partial charge in [0.2, 0.25) is 0 Å². The average molecular weight is 516 g/mol. The van der Waals surface area contributed by atoms with Gasteiger partial charge in [-0.05, 0) is 41.5 Å². The molecule has 0 saturated carbocycles. The van der Waals surface area contributed by atoms with E-state index < -0.39 is 11.7 Å². The number of anilines is 2. The molecule has 1 heterocycles. The summed E-state index contributed by atoms with van der Waals surface area (Å²) < 4.78 is 47.7. The van der Waals surface area contributed by atoms with Crippen molar-refractivity contribution in [3.8, 4) is 11.3 Å². The van der Waals surface area contributed by atoms with Crippen LogP contribution in [0.15, 0.2) is 97.1 Å². The summed E-state index contributed by atoms with van der Waals surface area (Å²) in [5.74, 6) is -0.320. The van der Waals surface area contributed by atoms with E-state index in [-0.39, 0.29) is 17.9 Å². The van der Waals surface area contributed by atoms with Crippen LogP contribution in [0.25, 0.3) is 22.2 Å². The number of esters is 1. The Kier molecular flexibility index (Phi) is 6.87. The van der Waals surface area contributed by atoms with Crippen LogP contribution in [0.2, 0.25) is 0 Å². The molecule has 0 fully saturated rings. The van der Waals surface area contributed by atoms with E-state index in [9.17, 15) is 18.0 Å². The fourth-order valence-corrected chi connectivity index (χ4v) is 4.43. The summed E-state index contributed by atoms with van der Waals surface area (Å²) in [5.41, 5.74) is 3.86. The summed E-state index contributed by atoms with van der Waals surface area (Å²) >= 11 is 0. The fraction of sp³-hybridized carbons (Fsp3) is 0.133. The van der Waals surface area contributed by atoms with Crippen molar-refractivity contribution in [2.24, 2.45) is 0 Å². The van der Waals surface area contributed by atoms with Crippen LogP contribution < -0.4 is 5.32 Å². The molecule has 8 heteroatoms. The van der Waals surface area contributed by atoms with Gasteiger partial charge in [0.1, 0.15) is 5.52 Å². The van der Waals surface area contributed by atoms with E-state index in [4.69, 9.17) is 4.74 Å². The van der Waals surface area contributed by atoms with Crippen LogP contribution in [-0.2, 0) is 28.7 Å². The SMILES string of the molecule is COC(=O)Cc1cccc(Nc2ccc(-c3c4cccc(C(F)(F)F)c4nn3Cc3ccccc3)cc2)c1. The molecule has 0 aliphatic carbocycles. The Bertz CT molecular complexity index is 1580. The number of carbonyl (C=O) groups is 1. The van der Waals surface area contributed by atoms with Crippen LogP contribution in [0.4, 0.5) is 24.5 Å². The van der Waals surface area contributed by atoms with Gasteiger partial charge in [0.25, 0.3) is 0 Å². The maximum Gasteiger partial charge on any atom is 0.418 e. The third kappa shape index (κ3) is 5.39. The van der Waals surface area contributed by atoms with Crippen molar-refractivity contribution in [1.29, 1.82) is 0 Å². The van der Waals surface area contributed by atoms with Crippen LogP contribution in [0.3, 0.4) is 0 Å². The van der Waals surface area contributed by atoms with Gasteiger partial charge in [-0.2, -0.15) is 18.3 Å². The molecule has 0 aliphatic heterocycles. The largest absolute Gasteiger partial charge is 0.469 e. The molecule has 5 nitrogen and oxygen atoms in total. The predicted octanol–water partition coefficient (Wildman–Crippen LogP) is 7.23. The summed E-state index contributed by atoms with van der Waals surface area (Å²) in [4.78, 5) is 11.6. The molecule has 0 unspecified atom stereocenters. The first-order valence-corrected chi connectivity index (χ1v) is 12.0. The maximum absolute atomic E-state index is 13.8. The van der Waals surface area contributed by atoms with Crippen molar-refractivity contribution in [3.63, 3.8) is 0 Å². The number of methoxy groups -OCH3 is 1. The first-order valence-electron chi connectivity index (χ1n) is 12.0. The zero-order chi connectivity index (χ0) is 26.7. The summed E-state index contributed by atoms with van der Waals surface area (Å²) in [6, 6.07) is 28.6. The quantitative estimate of drug-likeness (QED) is 0.232. The number of carbonyl (C=O) groups excluding carboxylic acids is 1. The molecule has 0 spiro atoms. The highest BCUT2D eigenvalue weighted by atomic mass is 19.4.